The van der Waals surface area contributed by atoms with Crippen molar-refractivity contribution < 1.29 is 0 Å². The molecule has 128 valence electrons. The number of halogens is 1. The van der Waals surface area contributed by atoms with E-state index in [0.717, 1.165) is 14.9 Å². The number of fused-ring (bicyclic) bond motifs is 1. The molecule has 0 saturated heterocycles. The Morgan fingerprint density at radius 1 is 0.923 bits per heavy atom. The zero-order chi connectivity index (χ0) is 17.9. The van der Waals surface area contributed by atoms with Crippen molar-refractivity contribution in [2.75, 3.05) is 5.32 Å². The second kappa shape index (κ2) is 7.29. The molecule has 0 amide bonds. The first-order valence-corrected chi connectivity index (χ1v) is 9.36. The van der Waals surface area contributed by atoms with Gasteiger partial charge in [0.05, 0.1) is 23.1 Å². The molecular weight excluding hydrogens is 437 g/mol. The Hall–Kier alpha value is -2.67. The van der Waals surface area contributed by atoms with Crippen molar-refractivity contribution in [1.82, 2.24) is 9.55 Å². The highest BCUT2D eigenvalue weighted by atomic mass is 127. The minimum Gasteiger partial charge on any atom is -0.378 e. The SMILES string of the molecule is O=c1c2cc(I)ccc2nc(CNc2ccccc2)n1-c1ccccc1. The van der Waals surface area contributed by atoms with E-state index in [4.69, 9.17) is 4.98 Å². The normalized spacial score (nSPS) is 10.8. The van der Waals surface area contributed by atoms with Crippen LogP contribution in [-0.2, 0) is 6.54 Å². The summed E-state index contributed by atoms with van der Waals surface area (Å²) in [7, 11) is 0. The predicted molar refractivity (Wildman–Crippen MR) is 114 cm³/mol. The number of para-hydroxylation sites is 2. The summed E-state index contributed by atoms with van der Waals surface area (Å²) in [5, 5.41) is 3.98. The highest BCUT2D eigenvalue weighted by molar-refractivity contribution is 14.1. The molecule has 0 bridgehead atoms. The van der Waals surface area contributed by atoms with Gasteiger partial charge in [0.1, 0.15) is 5.82 Å². The van der Waals surface area contributed by atoms with Crippen LogP contribution in [0.2, 0.25) is 0 Å². The Bertz CT molecular complexity index is 1110. The van der Waals surface area contributed by atoms with Crippen molar-refractivity contribution in [2.45, 2.75) is 6.54 Å². The Morgan fingerprint density at radius 3 is 2.35 bits per heavy atom. The number of anilines is 1. The fraction of sp³-hybridized carbons (Fsp3) is 0.0476. The van der Waals surface area contributed by atoms with Crippen molar-refractivity contribution >= 4 is 39.2 Å². The largest absolute Gasteiger partial charge is 0.378 e. The minimum atomic E-state index is -0.0513. The van der Waals surface area contributed by atoms with Gasteiger partial charge in [0, 0.05) is 9.26 Å². The number of nitrogens with zero attached hydrogens (tertiary/aromatic N) is 2. The molecule has 0 atom stereocenters. The van der Waals surface area contributed by atoms with Gasteiger partial charge in [-0.25, -0.2) is 4.98 Å². The Balaban J connectivity index is 1.87. The molecule has 26 heavy (non-hydrogen) atoms. The molecule has 0 unspecified atom stereocenters. The summed E-state index contributed by atoms with van der Waals surface area (Å²) in [5.41, 5.74) is 2.47. The van der Waals surface area contributed by atoms with Crippen LogP contribution in [0.4, 0.5) is 5.69 Å². The molecule has 1 N–H and O–H groups in total. The van der Waals surface area contributed by atoms with Crippen LogP contribution in [0.15, 0.2) is 83.7 Å². The summed E-state index contributed by atoms with van der Waals surface area (Å²) in [4.78, 5) is 18.0. The molecule has 4 aromatic rings. The predicted octanol–water partition coefficient (Wildman–Crippen LogP) is 4.60. The molecule has 3 aromatic carbocycles. The van der Waals surface area contributed by atoms with Crippen LogP contribution in [0.1, 0.15) is 5.82 Å². The second-order valence-corrected chi connectivity index (χ2v) is 7.13. The lowest BCUT2D eigenvalue weighted by molar-refractivity contribution is 0.839. The van der Waals surface area contributed by atoms with Crippen LogP contribution in [0.3, 0.4) is 0 Å². The quantitative estimate of drug-likeness (QED) is 0.460. The first kappa shape index (κ1) is 16.8. The first-order chi connectivity index (χ1) is 12.7. The van der Waals surface area contributed by atoms with Gasteiger partial charge in [-0.3, -0.25) is 9.36 Å². The molecule has 0 saturated carbocycles. The molecule has 0 radical (unpaired) electrons. The van der Waals surface area contributed by atoms with Crippen molar-refractivity contribution in [3.05, 3.63) is 98.6 Å². The minimum absolute atomic E-state index is 0.0513. The third-order valence-corrected chi connectivity index (χ3v) is 4.81. The van der Waals surface area contributed by atoms with Crippen LogP contribution >= 0.6 is 22.6 Å². The zero-order valence-corrected chi connectivity index (χ0v) is 16.1. The molecular formula is C21H16IN3O. The third kappa shape index (κ3) is 3.35. The van der Waals surface area contributed by atoms with Gasteiger partial charge in [0.25, 0.3) is 5.56 Å². The summed E-state index contributed by atoms with van der Waals surface area (Å²) >= 11 is 2.22. The summed E-state index contributed by atoms with van der Waals surface area (Å²) in [6.45, 7) is 0.454. The maximum atomic E-state index is 13.2. The van der Waals surface area contributed by atoms with Crippen LogP contribution in [-0.4, -0.2) is 9.55 Å². The number of benzene rings is 3. The standard InChI is InChI=1S/C21H16IN3O/c22-15-11-12-19-18(13-15)21(26)25(17-9-5-2-6-10-17)20(24-19)14-23-16-7-3-1-4-8-16/h1-13,23H,14H2. The van der Waals surface area contributed by atoms with Gasteiger partial charge in [-0.15, -0.1) is 0 Å². The highest BCUT2D eigenvalue weighted by Gasteiger charge is 2.13. The Morgan fingerprint density at radius 2 is 1.62 bits per heavy atom. The molecule has 0 aliphatic rings. The fourth-order valence-electron chi connectivity index (χ4n) is 2.90. The van der Waals surface area contributed by atoms with Crippen LogP contribution in [0.25, 0.3) is 16.6 Å². The van der Waals surface area contributed by atoms with E-state index < -0.39 is 0 Å². The lowest BCUT2D eigenvalue weighted by Gasteiger charge is -2.15. The number of nitrogens with one attached hydrogen (secondary N) is 1. The summed E-state index contributed by atoms with van der Waals surface area (Å²) in [6.07, 6.45) is 0. The lowest BCUT2D eigenvalue weighted by Crippen LogP contribution is -2.25. The van der Waals surface area contributed by atoms with Gasteiger partial charge in [-0.2, -0.15) is 0 Å². The average molecular weight is 453 g/mol. The van der Waals surface area contributed by atoms with E-state index in [1.165, 1.54) is 0 Å². The van der Waals surface area contributed by atoms with E-state index in [9.17, 15) is 4.79 Å². The van der Waals surface area contributed by atoms with E-state index in [1.54, 1.807) is 4.57 Å². The van der Waals surface area contributed by atoms with Crippen molar-refractivity contribution in [2.24, 2.45) is 0 Å². The average Bonchev–Trinajstić information content (AvgIpc) is 2.68. The Kier molecular flexibility index (Phi) is 4.71. The molecule has 1 heterocycles. The monoisotopic (exact) mass is 453 g/mol. The number of hydrogen-bond acceptors (Lipinski definition) is 3. The van der Waals surface area contributed by atoms with Gasteiger partial charge in [-0.05, 0) is 65.1 Å². The molecule has 0 aliphatic carbocycles. The smallest absolute Gasteiger partial charge is 0.266 e. The summed E-state index contributed by atoms with van der Waals surface area (Å²) in [5.74, 6) is 0.679. The van der Waals surface area contributed by atoms with Crippen molar-refractivity contribution in [3.8, 4) is 5.69 Å². The van der Waals surface area contributed by atoms with Crippen LogP contribution in [0.5, 0.6) is 0 Å². The van der Waals surface area contributed by atoms with Crippen LogP contribution in [0, 0.1) is 3.57 Å². The van der Waals surface area contributed by atoms with Gasteiger partial charge in [-0.1, -0.05) is 36.4 Å². The Labute approximate surface area is 164 Å². The number of rotatable bonds is 4. The number of aromatic nitrogens is 2. The van der Waals surface area contributed by atoms with Crippen molar-refractivity contribution in [1.29, 1.82) is 0 Å². The third-order valence-electron chi connectivity index (χ3n) is 4.14. The lowest BCUT2D eigenvalue weighted by atomic mass is 10.2. The van der Waals surface area contributed by atoms with Gasteiger partial charge >= 0.3 is 0 Å². The van der Waals surface area contributed by atoms with E-state index in [2.05, 4.69) is 27.9 Å². The van der Waals surface area contributed by atoms with E-state index in [0.29, 0.717) is 23.3 Å². The summed E-state index contributed by atoms with van der Waals surface area (Å²) in [6, 6.07) is 25.3. The topological polar surface area (TPSA) is 46.9 Å². The van der Waals surface area contributed by atoms with Crippen LogP contribution < -0.4 is 10.9 Å². The fourth-order valence-corrected chi connectivity index (χ4v) is 3.39. The molecule has 0 aliphatic heterocycles. The van der Waals surface area contributed by atoms with Gasteiger partial charge in [0.15, 0.2) is 0 Å². The van der Waals surface area contributed by atoms with E-state index in [-0.39, 0.29) is 5.56 Å². The first-order valence-electron chi connectivity index (χ1n) is 8.28. The van der Waals surface area contributed by atoms with E-state index >= 15 is 0 Å². The highest BCUT2D eigenvalue weighted by Crippen LogP contribution is 2.17. The van der Waals surface area contributed by atoms with Gasteiger partial charge < -0.3 is 5.32 Å². The summed E-state index contributed by atoms with van der Waals surface area (Å²) < 4.78 is 2.71. The molecule has 0 spiro atoms. The maximum Gasteiger partial charge on any atom is 0.266 e. The molecule has 0 fully saturated rings. The molecule has 4 rings (SSSR count). The second-order valence-electron chi connectivity index (χ2n) is 5.89. The van der Waals surface area contributed by atoms with E-state index in [1.807, 2.05) is 78.9 Å². The zero-order valence-electron chi connectivity index (χ0n) is 13.9. The molecule has 5 heteroatoms. The molecule has 1 aromatic heterocycles. The maximum absolute atomic E-state index is 13.2. The van der Waals surface area contributed by atoms with Gasteiger partial charge in [0.2, 0.25) is 0 Å². The molecule has 4 nitrogen and oxygen atoms in total. The van der Waals surface area contributed by atoms with Crippen molar-refractivity contribution in [3.63, 3.8) is 0 Å². The number of hydrogen-bond donors (Lipinski definition) is 1.